The third-order valence-corrected chi connectivity index (χ3v) is 5.61. The van der Waals surface area contributed by atoms with Crippen molar-refractivity contribution in [3.8, 4) is 0 Å². The molecule has 0 spiro atoms. The van der Waals surface area contributed by atoms with Crippen LogP contribution >= 0.6 is 0 Å². The van der Waals surface area contributed by atoms with Gasteiger partial charge in [-0.15, -0.1) is 0 Å². The summed E-state index contributed by atoms with van der Waals surface area (Å²) in [5.74, 6) is 0. The Labute approximate surface area is 111 Å². The van der Waals surface area contributed by atoms with Gasteiger partial charge in [-0.3, -0.25) is 0 Å². The van der Waals surface area contributed by atoms with Crippen molar-refractivity contribution in [2.24, 2.45) is 10.8 Å². The molecule has 0 atom stereocenters. The van der Waals surface area contributed by atoms with Gasteiger partial charge in [0.15, 0.2) is 0 Å². The monoisotopic (exact) mass is 240 g/mol. The summed E-state index contributed by atoms with van der Waals surface area (Å²) in [6.07, 6.45) is 14.5. The molecule has 0 saturated carbocycles. The summed E-state index contributed by atoms with van der Waals surface area (Å²) >= 11 is 0. The van der Waals surface area contributed by atoms with E-state index in [4.69, 9.17) is 0 Å². The molecule has 0 saturated heterocycles. The zero-order valence-electron chi connectivity index (χ0n) is 12.1. The number of hydrogen-bond donors (Lipinski definition) is 0. The van der Waals surface area contributed by atoms with E-state index in [-0.39, 0.29) is 10.8 Å². The van der Waals surface area contributed by atoms with Crippen LogP contribution in [0.5, 0.6) is 0 Å². The average molecular weight is 240 g/mol. The predicted molar refractivity (Wildman–Crippen MR) is 78.4 cm³/mol. The second kappa shape index (κ2) is 3.73. The van der Waals surface area contributed by atoms with Gasteiger partial charge in [-0.05, 0) is 58.8 Å². The molecule has 3 aliphatic rings. The van der Waals surface area contributed by atoms with E-state index in [0.717, 1.165) is 0 Å². The lowest BCUT2D eigenvalue weighted by atomic mass is 9.53. The normalized spacial score (nSPS) is 28.2. The minimum Gasteiger partial charge on any atom is -0.0839 e. The summed E-state index contributed by atoms with van der Waals surface area (Å²) < 4.78 is 0. The minimum atomic E-state index is 0.236. The highest BCUT2D eigenvalue weighted by Crippen LogP contribution is 2.58. The Bertz CT molecular complexity index is 456. The zero-order chi connectivity index (χ0) is 13.0. The van der Waals surface area contributed by atoms with Crippen molar-refractivity contribution in [1.82, 2.24) is 0 Å². The zero-order valence-corrected chi connectivity index (χ0v) is 12.1. The van der Waals surface area contributed by atoms with Crippen molar-refractivity contribution in [3.63, 3.8) is 0 Å². The summed E-state index contributed by atoms with van der Waals surface area (Å²) in [5, 5.41) is 0. The van der Waals surface area contributed by atoms with E-state index in [2.05, 4.69) is 52.0 Å². The van der Waals surface area contributed by atoms with Gasteiger partial charge in [0, 0.05) is 0 Å². The molecule has 0 fully saturated rings. The molecular weight excluding hydrogens is 216 g/mol. The number of fused-ring (bicyclic) bond motifs is 1. The third-order valence-electron chi connectivity index (χ3n) is 5.61. The fourth-order valence-corrected chi connectivity index (χ4v) is 3.80. The van der Waals surface area contributed by atoms with Crippen molar-refractivity contribution in [2.75, 3.05) is 0 Å². The fraction of sp³-hybridized carbons (Fsp3) is 0.556. The van der Waals surface area contributed by atoms with Crippen LogP contribution in [0.15, 0.2) is 46.6 Å². The number of rotatable bonds is 0. The fourth-order valence-electron chi connectivity index (χ4n) is 3.80. The van der Waals surface area contributed by atoms with Gasteiger partial charge in [-0.1, -0.05) is 52.0 Å². The van der Waals surface area contributed by atoms with Crippen LogP contribution in [0.25, 0.3) is 0 Å². The highest BCUT2D eigenvalue weighted by Gasteiger charge is 2.47. The quantitative estimate of drug-likeness (QED) is 0.535. The topological polar surface area (TPSA) is 0 Å². The maximum atomic E-state index is 2.42. The third kappa shape index (κ3) is 1.38. The van der Waals surface area contributed by atoms with Crippen LogP contribution in [0.2, 0.25) is 0 Å². The molecule has 0 aliphatic heterocycles. The summed E-state index contributed by atoms with van der Waals surface area (Å²) in [5.41, 5.74) is 7.02. The van der Waals surface area contributed by atoms with Crippen LogP contribution < -0.4 is 0 Å². The Morgan fingerprint density at radius 2 is 1.11 bits per heavy atom. The maximum absolute atomic E-state index is 2.42. The van der Waals surface area contributed by atoms with Crippen molar-refractivity contribution in [1.29, 1.82) is 0 Å². The summed E-state index contributed by atoms with van der Waals surface area (Å²) in [6, 6.07) is 0. The molecule has 0 aromatic heterocycles. The van der Waals surface area contributed by atoms with Gasteiger partial charge in [0.2, 0.25) is 0 Å². The lowest BCUT2D eigenvalue weighted by Crippen LogP contribution is -2.40. The van der Waals surface area contributed by atoms with Gasteiger partial charge in [0.25, 0.3) is 0 Å². The molecule has 3 rings (SSSR count). The standard InChI is InChI=1S/C18H24/c1-17(2)15-11-7-5-9-13(15)14-10-6-8-12-16(14)18(17,3)4/h7-8,11-12H,5-6,9-10H2,1-4H3. The van der Waals surface area contributed by atoms with Crippen LogP contribution in [0.4, 0.5) is 0 Å². The number of allylic oxidation sites excluding steroid dienone is 8. The van der Waals surface area contributed by atoms with Gasteiger partial charge in [0.05, 0.1) is 0 Å². The highest BCUT2D eigenvalue weighted by atomic mass is 14.5. The first kappa shape index (κ1) is 12.0. The first-order valence-corrected chi connectivity index (χ1v) is 7.27. The Morgan fingerprint density at radius 1 is 0.722 bits per heavy atom. The van der Waals surface area contributed by atoms with E-state index < -0.39 is 0 Å². The van der Waals surface area contributed by atoms with Crippen molar-refractivity contribution < 1.29 is 0 Å². The minimum absolute atomic E-state index is 0.236. The highest BCUT2D eigenvalue weighted by molar-refractivity contribution is 5.57. The molecule has 3 aliphatic carbocycles. The summed E-state index contributed by atoms with van der Waals surface area (Å²) in [7, 11) is 0. The SMILES string of the molecule is CC1(C)C2=C(CCC=C2)C2=C(C=CCC2)C1(C)C. The van der Waals surface area contributed by atoms with E-state index in [1.165, 1.54) is 25.7 Å². The molecule has 0 unspecified atom stereocenters. The van der Waals surface area contributed by atoms with Crippen molar-refractivity contribution >= 4 is 0 Å². The van der Waals surface area contributed by atoms with Crippen LogP contribution in [-0.4, -0.2) is 0 Å². The van der Waals surface area contributed by atoms with Crippen molar-refractivity contribution in [3.05, 3.63) is 46.6 Å². The van der Waals surface area contributed by atoms with E-state index >= 15 is 0 Å². The molecule has 0 heteroatoms. The summed E-state index contributed by atoms with van der Waals surface area (Å²) in [6.45, 7) is 9.68. The smallest absolute Gasteiger partial charge is 0.000923 e. The molecule has 0 bridgehead atoms. The average Bonchev–Trinajstić information content (AvgIpc) is 2.37. The first-order chi connectivity index (χ1) is 8.46. The van der Waals surface area contributed by atoms with E-state index in [9.17, 15) is 0 Å². The second-order valence-electron chi connectivity index (χ2n) is 6.92. The number of hydrogen-bond acceptors (Lipinski definition) is 0. The molecule has 0 radical (unpaired) electrons. The van der Waals surface area contributed by atoms with Crippen LogP contribution in [0.1, 0.15) is 53.4 Å². The van der Waals surface area contributed by atoms with Crippen molar-refractivity contribution in [2.45, 2.75) is 53.4 Å². The molecule has 0 aromatic rings. The Hall–Kier alpha value is -1.04. The Balaban J connectivity index is 2.28. The van der Waals surface area contributed by atoms with Crippen LogP contribution in [0.3, 0.4) is 0 Å². The largest absolute Gasteiger partial charge is 0.0839 e. The molecule has 18 heavy (non-hydrogen) atoms. The first-order valence-electron chi connectivity index (χ1n) is 7.27. The van der Waals surface area contributed by atoms with Crippen LogP contribution in [0, 0.1) is 10.8 Å². The summed E-state index contributed by atoms with van der Waals surface area (Å²) in [4.78, 5) is 0. The molecule has 0 nitrogen and oxygen atoms in total. The maximum Gasteiger partial charge on any atom is -0.000923 e. The van der Waals surface area contributed by atoms with Gasteiger partial charge in [-0.2, -0.15) is 0 Å². The Morgan fingerprint density at radius 3 is 1.50 bits per heavy atom. The van der Waals surface area contributed by atoms with E-state index in [1.54, 1.807) is 22.3 Å². The Kier molecular flexibility index (Phi) is 2.49. The lowest BCUT2D eigenvalue weighted by molar-refractivity contribution is 0.197. The molecule has 96 valence electrons. The van der Waals surface area contributed by atoms with Crippen LogP contribution in [-0.2, 0) is 0 Å². The molecule has 0 aromatic carbocycles. The van der Waals surface area contributed by atoms with E-state index in [1.807, 2.05) is 0 Å². The van der Waals surface area contributed by atoms with Gasteiger partial charge >= 0.3 is 0 Å². The molecule has 0 heterocycles. The molecule has 0 N–H and O–H groups in total. The van der Waals surface area contributed by atoms with E-state index in [0.29, 0.717) is 0 Å². The predicted octanol–water partition coefficient (Wildman–Crippen LogP) is 5.35. The second-order valence-corrected chi connectivity index (χ2v) is 6.92. The lowest BCUT2D eigenvalue weighted by Gasteiger charge is -2.51. The van der Waals surface area contributed by atoms with Gasteiger partial charge in [-0.25, -0.2) is 0 Å². The van der Waals surface area contributed by atoms with Gasteiger partial charge in [0.1, 0.15) is 0 Å². The molecular formula is C18H24. The van der Waals surface area contributed by atoms with Gasteiger partial charge < -0.3 is 0 Å². The molecule has 0 amide bonds.